The Hall–Kier alpha value is -3.00. The average molecular weight is 372 g/mol. The van der Waals surface area contributed by atoms with Gasteiger partial charge in [0.2, 0.25) is 11.0 Å². The maximum absolute atomic E-state index is 12.2. The Morgan fingerprint density at radius 1 is 1.38 bits per heavy atom. The number of ether oxygens (including phenoxy) is 1. The predicted octanol–water partition coefficient (Wildman–Crippen LogP) is 3.78. The van der Waals surface area contributed by atoms with Gasteiger partial charge in [-0.15, -0.1) is 11.3 Å². The van der Waals surface area contributed by atoms with Crippen molar-refractivity contribution in [1.82, 2.24) is 4.98 Å². The number of hydrogen-bond acceptors (Lipinski definition) is 7. The summed E-state index contributed by atoms with van der Waals surface area (Å²) in [6, 6.07) is 2.87. The molecule has 0 saturated heterocycles. The van der Waals surface area contributed by atoms with Gasteiger partial charge in [-0.25, -0.2) is 9.78 Å². The molecule has 1 aromatic heterocycles. The van der Waals surface area contributed by atoms with E-state index in [1.807, 2.05) is 26.0 Å². The van der Waals surface area contributed by atoms with Gasteiger partial charge in [0.25, 0.3) is 0 Å². The van der Waals surface area contributed by atoms with Crippen LogP contribution in [0.4, 0.5) is 0 Å². The van der Waals surface area contributed by atoms with Crippen molar-refractivity contribution in [2.24, 2.45) is 0 Å². The first-order valence-electron chi connectivity index (χ1n) is 7.85. The van der Waals surface area contributed by atoms with Crippen molar-refractivity contribution < 1.29 is 19.6 Å². The summed E-state index contributed by atoms with van der Waals surface area (Å²) < 4.78 is 5.24. The summed E-state index contributed by atoms with van der Waals surface area (Å²) in [6.07, 6.45) is 6.11. The monoisotopic (exact) mass is 372 g/mol. The highest BCUT2D eigenvalue weighted by molar-refractivity contribution is 7.16. The molecule has 3 rings (SSSR count). The van der Waals surface area contributed by atoms with Gasteiger partial charge >= 0.3 is 5.97 Å². The van der Waals surface area contributed by atoms with Crippen molar-refractivity contribution in [1.29, 1.82) is 0 Å². The third-order valence-corrected chi connectivity index (χ3v) is 5.01. The number of phenols is 1. The van der Waals surface area contributed by atoms with Crippen molar-refractivity contribution in [2.45, 2.75) is 26.3 Å². The molecule has 0 saturated carbocycles. The van der Waals surface area contributed by atoms with E-state index >= 15 is 0 Å². The number of aromatic nitrogens is 1. The molecule has 0 amide bonds. The molecule has 2 aromatic rings. The van der Waals surface area contributed by atoms with Crippen LogP contribution < -0.4 is 0 Å². The number of esters is 1. The summed E-state index contributed by atoms with van der Waals surface area (Å²) in [4.78, 5) is 27.4. The number of aromatic hydroxyl groups is 1. The van der Waals surface area contributed by atoms with Crippen LogP contribution in [0.2, 0.25) is 0 Å². The number of rotatable bonds is 4. The zero-order valence-electron chi connectivity index (χ0n) is 14.1. The standard InChI is InChI=1S/C18H16N2O5S/c1-10-7-12(8-11(2)16(10)21)15-9-19-17(26-15)18(22)25-14-5-3-13(4-6-14)20(23)24/h3,5-9,13,21H,4H2,1-2H3. The highest BCUT2D eigenvalue weighted by Gasteiger charge is 2.21. The van der Waals surface area contributed by atoms with E-state index in [0.29, 0.717) is 0 Å². The molecule has 1 aliphatic rings. The number of allylic oxidation sites excluding steroid dienone is 1. The first-order valence-corrected chi connectivity index (χ1v) is 8.67. The van der Waals surface area contributed by atoms with Crippen LogP contribution in [0, 0.1) is 24.0 Å². The minimum atomic E-state index is -0.787. The van der Waals surface area contributed by atoms with Crippen LogP contribution in [0.5, 0.6) is 5.75 Å². The fourth-order valence-corrected chi connectivity index (χ4v) is 3.35. The second-order valence-corrected chi connectivity index (χ2v) is 6.96. The Morgan fingerprint density at radius 2 is 2.08 bits per heavy atom. The molecule has 0 bridgehead atoms. The van der Waals surface area contributed by atoms with E-state index in [1.54, 1.807) is 6.20 Å². The molecule has 0 spiro atoms. The lowest BCUT2D eigenvalue weighted by Crippen LogP contribution is -2.18. The highest BCUT2D eigenvalue weighted by Crippen LogP contribution is 2.32. The van der Waals surface area contributed by atoms with Gasteiger partial charge in [0.05, 0.1) is 4.88 Å². The predicted molar refractivity (Wildman–Crippen MR) is 96.7 cm³/mol. The van der Waals surface area contributed by atoms with E-state index in [2.05, 4.69) is 4.98 Å². The molecule has 0 radical (unpaired) electrons. The maximum atomic E-state index is 12.2. The summed E-state index contributed by atoms with van der Waals surface area (Å²) in [5.41, 5.74) is 2.35. The van der Waals surface area contributed by atoms with Gasteiger partial charge in [0.1, 0.15) is 11.5 Å². The fourth-order valence-electron chi connectivity index (χ4n) is 2.57. The summed E-state index contributed by atoms with van der Waals surface area (Å²) >= 11 is 1.18. The van der Waals surface area contributed by atoms with Crippen LogP contribution in [-0.2, 0) is 4.74 Å². The summed E-state index contributed by atoms with van der Waals surface area (Å²) in [5.74, 6) is -0.0768. The largest absolute Gasteiger partial charge is 0.507 e. The molecule has 0 fully saturated rings. The van der Waals surface area contributed by atoms with Gasteiger partial charge in [-0.3, -0.25) is 10.1 Å². The first kappa shape index (κ1) is 17.8. The molecule has 0 aliphatic heterocycles. The Kier molecular flexibility index (Phi) is 4.85. The summed E-state index contributed by atoms with van der Waals surface area (Å²) in [6.45, 7) is 3.62. The van der Waals surface area contributed by atoms with E-state index in [9.17, 15) is 20.0 Å². The lowest BCUT2D eigenvalue weighted by molar-refractivity contribution is -0.508. The van der Waals surface area contributed by atoms with E-state index in [0.717, 1.165) is 21.6 Å². The van der Waals surface area contributed by atoms with E-state index in [-0.39, 0.29) is 27.9 Å². The van der Waals surface area contributed by atoms with E-state index < -0.39 is 12.0 Å². The molecule has 1 unspecified atom stereocenters. The molecule has 26 heavy (non-hydrogen) atoms. The molecule has 7 nitrogen and oxygen atoms in total. The first-order chi connectivity index (χ1) is 12.3. The Labute approximate surface area is 153 Å². The quantitative estimate of drug-likeness (QED) is 0.498. The normalized spacial score (nSPS) is 16.2. The molecule has 1 atom stereocenters. The van der Waals surface area contributed by atoms with Crippen LogP contribution >= 0.6 is 11.3 Å². The third-order valence-electron chi connectivity index (χ3n) is 3.98. The van der Waals surface area contributed by atoms with Gasteiger partial charge in [-0.1, -0.05) is 0 Å². The van der Waals surface area contributed by atoms with Crippen molar-refractivity contribution in [2.75, 3.05) is 0 Å². The number of aryl methyl sites for hydroxylation is 2. The highest BCUT2D eigenvalue weighted by atomic mass is 32.1. The number of phenolic OH excluding ortho intramolecular Hbond substituents is 1. The Bertz CT molecular complexity index is 922. The van der Waals surface area contributed by atoms with Crippen molar-refractivity contribution in [3.63, 3.8) is 0 Å². The van der Waals surface area contributed by atoms with Gasteiger partial charge in [0, 0.05) is 17.5 Å². The van der Waals surface area contributed by atoms with Crippen molar-refractivity contribution in [3.05, 3.63) is 68.6 Å². The molecule has 1 aromatic carbocycles. The molecule has 8 heteroatoms. The number of benzene rings is 1. The van der Waals surface area contributed by atoms with E-state index in [4.69, 9.17) is 4.74 Å². The fraction of sp³-hybridized carbons (Fsp3) is 0.222. The molecule has 1 heterocycles. The van der Waals surface area contributed by atoms with Crippen LogP contribution in [0.15, 0.2) is 42.3 Å². The lowest BCUT2D eigenvalue weighted by atomic mass is 10.1. The van der Waals surface area contributed by atoms with Gasteiger partial charge < -0.3 is 9.84 Å². The van der Waals surface area contributed by atoms with Crippen LogP contribution in [0.25, 0.3) is 10.4 Å². The number of thiazole rings is 1. The van der Waals surface area contributed by atoms with Gasteiger partial charge in [-0.2, -0.15) is 0 Å². The second kappa shape index (κ2) is 7.09. The average Bonchev–Trinajstić information content (AvgIpc) is 3.10. The second-order valence-electron chi connectivity index (χ2n) is 5.93. The SMILES string of the molecule is Cc1cc(-c2cnc(C(=O)OC3=CCC([N+](=O)[O-])C=C3)s2)cc(C)c1O. The molecule has 1 N–H and O–H groups in total. The Balaban J connectivity index is 1.73. The molecular formula is C18H16N2O5S. The number of carbonyl (C=O) groups is 1. The van der Waals surface area contributed by atoms with Crippen LogP contribution in [-0.4, -0.2) is 27.0 Å². The minimum absolute atomic E-state index is 0.182. The molecule has 134 valence electrons. The zero-order chi connectivity index (χ0) is 18.8. The van der Waals surface area contributed by atoms with Gasteiger partial charge in [-0.05, 0) is 60.9 Å². The van der Waals surface area contributed by atoms with Gasteiger partial charge in [0.15, 0.2) is 0 Å². The third kappa shape index (κ3) is 3.65. The smallest absolute Gasteiger partial charge is 0.372 e. The maximum Gasteiger partial charge on any atom is 0.372 e. The van der Waals surface area contributed by atoms with Crippen molar-refractivity contribution >= 4 is 17.3 Å². The topological polar surface area (TPSA) is 103 Å². The summed E-state index contributed by atoms with van der Waals surface area (Å²) in [7, 11) is 0. The lowest BCUT2D eigenvalue weighted by Gasteiger charge is -2.09. The number of nitrogens with zero attached hydrogens (tertiary/aromatic N) is 2. The van der Waals surface area contributed by atoms with Crippen LogP contribution in [0.3, 0.4) is 0 Å². The van der Waals surface area contributed by atoms with E-state index in [1.165, 1.54) is 29.6 Å². The zero-order valence-corrected chi connectivity index (χ0v) is 14.9. The Morgan fingerprint density at radius 3 is 2.65 bits per heavy atom. The molecular weight excluding hydrogens is 356 g/mol. The number of nitro groups is 1. The number of carbonyl (C=O) groups excluding carboxylic acids is 1. The van der Waals surface area contributed by atoms with Crippen molar-refractivity contribution in [3.8, 4) is 16.2 Å². The number of hydrogen-bond donors (Lipinski definition) is 1. The minimum Gasteiger partial charge on any atom is -0.507 e. The van der Waals surface area contributed by atoms with Crippen LogP contribution in [0.1, 0.15) is 27.3 Å². The summed E-state index contributed by atoms with van der Waals surface area (Å²) in [5, 5.41) is 20.8. The molecule has 1 aliphatic carbocycles.